The van der Waals surface area contributed by atoms with E-state index >= 15 is 0 Å². The first kappa shape index (κ1) is 19.0. The van der Waals surface area contributed by atoms with Crippen LogP contribution < -0.4 is 0 Å². The highest BCUT2D eigenvalue weighted by atomic mass is 16.5. The summed E-state index contributed by atoms with van der Waals surface area (Å²) in [6.45, 7) is 11.1. The minimum absolute atomic E-state index is 0.324. The van der Waals surface area contributed by atoms with Gasteiger partial charge in [-0.2, -0.15) is 0 Å². The lowest BCUT2D eigenvalue weighted by molar-refractivity contribution is -0.137. The summed E-state index contributed by atoms with van der Waals surface area (Å²) in [5.41, 5.74) is 0.392. The first-order chi connectivity index (χ1) is 8.19. The van der Waals surface area contributed by atoms with Crippen LogP contribution in [0.4, 0.5) is 0 Å². The fourth-order valence-electron chi connectivity index (χ4n) is 1.23. The normalized spacial score (nSPS) is 10.0. The smallest absolute Gasteiger partial charge is 0.307 e. The Morgan fingerprint density at radius 1 is 1.22 bits per heavy atom. The van der Waals surface area contributed by atoms with Gasteiger partial charge in [0.05, 0.1) is 6.26 Å². The lowest BCUT2D eigenvalue weighted by atomic mass is 9.89. The van der Waals surface area contributed by atoms with Crippen molar-refractivity contribution in [2.24, 2.45) is 5.41 Å². The van der Waals surface area contributed by atoms with Gasteiger partial charge in [-0.3, -0.25) is 9.59 Å². The summed E-state index contributed by atoms with van der Waals surface area (Å²) in [6.07, 6.45) is 5.63. The number of aliphatic carboxylic acids is 1. The first-order valence-corrected chi connectivity index (χ1v) is 6.19. The lowest BCUT2D eigenvalue weighted by Gasteiger charge is -2.17. The molecule has 18 heavy (non-hydrogen) atoms. The van der Waals surface area contributed by atoms with Crippen molar-refractivity contribution in [2.45, 2.75) is 59.8 Å². The van der Waals surface area contributed by atoms with E-state index in [0.717, 1.165) is 25.5 Å². The second-order valence-corrected chi connectivity index (χ2v) is 5.29. The Morgan fingerprint density at radius 2 is 1.78 bits per heavy atom. The zero-order valence-electron chi connectivity index (χ0n) is 12.0. The highest BCUT2D eigenvalue weighted by Gasteiger charge is 2.08. The molecule has 1 N–H and O–H groups in total. The van der Waals surface area contributed by atoms with E-state index in [2.05, 4.69) is 32.1 Å². The first-order valence-electron chi connectivity index (χ1n) is 6.19. The van der Waals surface area contributed by atoms with Gasteiger partial charge in [0, 0.05) is 13.3 Å². The van der Waals surface area contributed by atoms with Gasteiger partial charge in [0.25, 0.3) is 0 Å². The van der Waals surface area contributed by atoms with Gasteiger partial charge < -0.3 is 9.84 Å². The Morgan fingerprint density at radius 3 is 2.06 bits per heavy atom. The summed E-state index contributed by atoms with van der Waals surface area (Å²) >= 11 is 0. The number of hydrogen-bond donors (Lipinski definition) is 1. The van der Waals surface area contributed by atoms with E-state index in [9.17, 15) is 9.59 Å². The zero-order valence-corrected chi connectivity index (χ0v) is 12.0. The predicted octanol–water partition coefficient (Wildman–Crippen LogP) is 3.76. The number of carboxylic acid groups (broad SMARTS) is 1. The van der Waals surface area contributed by atoms with E-state index in [0.29, 0.717) is 11.8 Å². The number of unbranched alkanes of at least 4 members (excludes halogenated alkanes) is 2. The van der Waals surface area contributed by atoms with Crippen molar-refractivity contribution in [1.29, 1.82) is 0 Å². The maximum atomic E-state index is 10.2. The molecule has 0 aliphatic heterocycles. The Balaban J connectivity index is 0. The van der Waals surface area contributed by atoms with E-state index in [1.165, 1.54) is 13.3 Å². The molecule has 0 spiro atoms. The van der Waals surface area contributed by atoms with Crippen LogP contribution in [0.1, 0.15) is 59.8 Å². The SMILES string of the molecule is C=COC(C)=O.CC(C)(C)CCCCCC(=O)O. The van der Waals surface area contributed by atoms with Gasteiger partial charge in [-0.25, -0.2) is 0 Å². The maximum Gasteiger partial charge on any atom is 0.307 e. The van der Waals surface area contributed by atoms with Crippen LogP contribution in [-0.4, -0.2) is 17.0 Å². The summed E-state index contributed by atoms with van der Waals surface area (Å²) in [7, 11) is 0. The number of carbonyl (C=O) groups excluding carboxylic acids is 1. The fraction of sp³-hybridized carbons (Fsp3) is 0.714. The second-order valence-electron chi connectivity index (χ2n) is 5.29. The molecule has 0 aromatic rings. The number of carboxylic acids is 1. The van der Waals surface area contributed by atoms with Crippen molar-refractivity contribution in [2.75, 3.05) is 0 Å². The molecule has 0 heterocycles. The summed E-state index contributed by atoms with van der Waals surface area (Å²) in [5, 5.41) is 8.37. The summed E-state index contributed by atoms with van der Waals surface area (Å²) in [5.74, 6) is -1.00. The molecule has 0 amide bonds. The lowest BCUT2D eigenvalue weighted by Crippen LogP contribution is -2.04. The number of hydrogen-bond acceptors (Lipinski definition) is 3. The second kappa shape index (κ2) is 10.8. The number of carbonyl (C=O) groups is 2. The Hall–Kier alpha value is -1.32. The minimum atomic E-state index is -0.675. The van der Waals surface area contributed by atoms with Crippen molar-refractivity contribution in [1.82, 2.24) is 0 Å². The Labute approximate surface area is 110 Å². The molecule has 0 fully saturated rings. The molecule has 0 aromatic carbocycles. The van der Waals surface area contributed by atoms with Crippen LogP contribution in [-0.2, 0) is 14.3 Å². The topological polar surface area (TPSA) is 63.6 Å². The molecular formula is C14H26O4. The van der Waals surface area contributed by atoms with Crippen LogP contribution in [0, 0.1) is 5.41 Å². The highest BCUT2D eigenvalue weighted by Crippen LogP contribution is 2.22. The molecule has 0 bridgehead atoms. The number of rotatable bonds is 6. The third-order valence-electron chi connectivity index (χ3n) is 2.07. The molecule has 0 atom stereocenters. The van der Waals surface area contributed by atoms with Gasteiger partial charge >= 0.3 is 11.9 Å². The molecular weight excluding hydrogens is 232 g/mol. The Kier molecular flexibility index (Phi) is 11.4. The average Bonchev–Trinajstić information content (AvgIpc) is 2.15. The van der Waals surface area contributed by atoms with Crippen LogP contribution in [0.15, 0.2) is 12.8 Å². The standard InChI is InChI=1S/C10H20O2.C4H6O2/c1-10(2,3)8-6-4-5-7-9(11)12;1-3-6-4(2)5/h4-8H2,1-3H3,(H,11,12);3H,1H2,2H3. The molecule has 0 saturated carbocycles. The van der Waals surface area contributed by atoms with Crippen molar-refractivity contribution in [3.63, 3.8) is 0 Å². The molecule has 0 aromatic heterocycles. The van der Waals surface area contributed by atoms with Gasteiger partial charge in [-0.05, 0) is 18.3 Å². The van der Waals surface area contributed by atoms with Gasteiger partial charge in [0.1, 0.15) is 0 Å². The van der Waals surface area contributed by atoms with Gasteiger partial charge in [-0.1, -0.05) is 40.2 Å². The van der Waals surface area contributed by atoms with Crippen LogP contribution in [0.2, 0.25) is 0 Å². The minimum Gasteiger partial charge on any atom is -0.481 e. The summed E-state index contributed by atoms with van der Waals surface area (Å²) in [6, 6.07) is 0. The van der Waals surface area contributed by atoms with Crippen molar-refractivity contribution >= 4 is 11.9 Å². The molecule has 0 radical (unpaired) electrons. The highest BCUT2D eigenvalue weighted by molar-refractivity contribution is 5.66. The van der Waals surface area contributed by atoms with Crippen LogP contribution >= 0.6 is 0 Å². The van der Waals surface area contributed by atoms with E-state index in [-0.39, 0.29) is 5.97 Å². The molecule has 0 aliphatic carbocycles. The molecule has 0 rings (SSSR count). The van der Waals surface area contributed by atoms with Crippen LogP contribution in [0.5, 0.6) is 0 Å². The average molecular weight is 258 g/mol. The van der Waals surface area contributed by atoms with Crippen molar-refractivity contribution in [3.05, 3.63) is 12.8 Å². The van der Waals surface area contributed by atoms with E-state index < -0.39 is 5.97 Å². The van der Waals surface area contributed by atoms with Crippen LogP contribution in [0.3, 0.4) is 0 Å². The van der Waals surface area contributed by atoms with Gasteiger partial charge in [0.2, 0.25) is 0 Å². The molecule has 106 valence electrons. The number of esters is 1. The predicted molar refractivity (Wildman–Crippen MR) is 72.1 cm³/mol. The van der Waals surface area contributed by atoms with E-state index in [1.807, 2.05) is 0 Å². The third kappa shape index (κ3) is 24.1. The van der Waals surface area contributed by atoms with Crippen LogP contribution in [0.25, 0.3) is 0 Å². The summed E-state index contributed by atoms with van der Waals surface area (Å²) < 4.78 is 4.17. The largest absolute Gasteiger partial charge is 0.481 e. The van der Waals surface area contributed by atoms with Gasteiger partial charge in [-0.15, -0.1) is 0 Å². The molecule has 4 heteroatoms. The quantitative estimate of drug-likeness (QED) is 0.447. The van der Waals surface area contributed by atoms with E-state index in [1.54, 1.807) is 0 Å². The molecule has 0 saturated heterocycles. The molecule has 0 unspecified atom stereocenters. The summed E-state index contributed by atoms with van der Waals surface area (Å²) in [4.78, 5) is 19.9. The van der Waals surface area contributed by atoms with Gasteiger partial charge in [0.15, 0.2) is 0 Å². The van der Waals surface area contributed by atoms with Crippen molar-refractivity contribution in [3.8, 4) is 0 Å². The molecule has 0 aliphatic rings. The maximum absolute atomic E-state index is 10.2. The Bertz CT molecular complexity index is 251. The zero-order chi connectivity index (χ0) is 14.6. The monoisotopic (exact) mass is 258 g/mol. The third-order valence-corrected chi connectivity index (χ3v) is 2.07. The van der Waals surface area contributed by atoms with Crippen molar-refractivity contribution < 1.29 is 19.4 Å². The molecule has 4 nitrogen and oxygen atoms in total. The van der Waals surface area contributed by atoms with E-state index in [4.69, 9.17) is 5.11 Å². The fourth-order valence-corrected chi connectivity index (χ4v) is 1.23. The number of ether oxygens (including phenoxy) is 1.